The first-order valence-electron chi connectivity index (χ1n) is 8.48. The van der Waals surface area contributed by atoms with Crippen LogP contribution in [-0.2, 0) is 36.5 Å². The van der Waals surface area contributed by atoms with Crippen LogP contribution in [0.4, 0.5) is 39.5 Å². The monoisotopic (exact) mass is 534 g/mol. The molecule has 0 spiro atoms. The normalized spacial score (nSPS) is 12.7. The summed E-state index contributed by atoms with van der Waals surface area (Å²) in [4.78, 5) is 4.59. The molecule has 2 aromatic carbocycles. The summed E-state index contributed by atoms with van der Waals surface area (Å²) >= 11 is 3.06. The minimum atomic E-state index is -5.08. The number of nitrogens with zero attached hydrogens (tertiary/aromatic N) is 2. The van der Waals surface area contributed by atoms with Crippen LogP contribution >= 0.6 is 15.9 Å². The average Bonchev–Trinajstić information content (AvgIpc) is 2.61. The molecule has 0 fully saturated rings. The summed E-state index contributed by atoms with van der Waals surface area (Å²) in [6, 6.07) is 2.71. The predicted octanol–water partition coefficient (Wildman–Crippen LogP) is 7.23. The first kappa shape index (κ1) is 25.8. The topological polar surface area (TPSA) is 36.3 Å². The van der Waals surface area contributed by atoms with Gasteiger partial charge in [0.25, 0.3) is 0 Å². The Morgan fingerprint density at radius 1 is 0.844 bits per heavy atom. The van der Waals surface area contributed by atoms with E-state index in [-0.39, 0.29) is 21.7 Å². The second-order valence-electron chi connectivity index (χ2n) is 6.65. The minimum Gasteiger partial charge on any atom is -0.327 e. The molecular weight excluding hydrogens is 523 g/mol. The van der Waals surface area contributed by atoms with Crippen LogP contribution in [0.2, 0.25) is 0 Å². The van der Waals surface area contributed by atoms with E-state index in [4.69, 9.17) is 5.26 Å². The Bertz CT molecular complexity index is 991. The third-order valence-corrected chi connectivity index (χ3v) is 4.96. The Morgan fingerprint density at radius 3 is 1.81 bits per heavy atom. The Morgan fingerprint density at radius 2 is 1.38 bits per heavy atom. The van der Waals surface area contributed by atoms with E-state index in [1.807, 2.05) is 0 Å². The van der Waals surface area contributed by atoms with Gasteiger partial charge in [0.15, 0.2) is 0 Å². The molecule has 32 heavy (non-hydrogen) atoms. The van der Waals surface area contributed by atoms with E-state index in [0.29, 0.717) is 17.2 Å². The van der Waals surface area contributed by atoms with E-state index in [1.165, 1.54) is 13.2 Å². The minimum absolute atomic E-state index is 0.0544. The van der Waals surface area contributed by atoms with Gasteiger partial charge in [0.05, 0.1) is 29.8 Å². The van der Waals surface area contributed by atoms with Gasteiger partial charge < -0.3 is 4.84 Å². The highest BCUT2D eigenvalue weighted by molar-refractivity contribution is 9.10. The number of aryl methyl sites for hydroxylation is 1. The zero-order valence-electron chi connectivity index (χ0n) is 15.9. The molecule has 0 aliphatic heterocycles. The molecule has 0 aliphatic carbocycles. The van der Waals surface area contributed by atoms with E-state index < -0.39 is 53.9 Å². The summed E-state index contributed by atoms with van der Waals surface area (Å²) in [6.07, 6.45) is -13.7. The lowest BCUT2D eigenvalue weighted by Crippen LogP contribution is -2.23. The summed E-state index contributed by atoms with van der Waals surface area (Å²) in [7, 11) is 0. The van der Waals surface area contributed by atoms with Crippen molar-refractivity contribution in [3.8, 4) is 6.26 Å². The fraction of sp³-hybridized carbons (Fsp3) is 0.316. The molecular formula is C19H12BrF9N2O. The number of hydrogen-bond acceptors (Lipinski definition) is 3. The molecule has 3 nitrogen and oxygen atoms in total. The Balaban J connectivity index is 2.45. The lowest BCUT2D eigenvalue weighted by molar-refractivity contribution is -0.143. The number of hydrogen-bond donors (Lipinski definition) is 0. The third kappa shape index (κ3) is 6.52. The van der Waals surface area contributed by atoms with Crippen LogP contribution < -0.4 is 0 Å². The fourth-order valence-electron chi connectivity index (χ4n) is 2.83. The second kappa shape index (κ2) is 9.19. The maximum atomic E-state index is 13.2. The summed E-state index contributed by atoms with van der Waals surface area (Å²) in [5.41, 5.74) is -4.83. The number of nitriles is 1. The van der Waals surface area contributed by atoms with Crippen molar-refractivity contribution < 1.29 is 44.4 Å². The van der Waals surface area contributed by atoms with Crippen molar-refractivity contribution in [3.05, 3.63) is 68.2 Å². The molecule has 0 radical (unpaired) electrons. The third-order valence-electron chi connectivity index (χ3n) is 4.22. The largest absolute Gasteiger partial charge is 0.416 e. The van der Waals surface area contributed by atoms with Crippen LogP contribution in [0.1, 0.15) is 33.4 Å². The molecule has 0 unspecified atom stereocenters. The van der Waals surface area contributed by atoms with Gasteiger partial charge in [0.1, 0.15) is 0 Å². The molecule has 0 aromatic heterocycles. The molecule has 0 heterocycles. The van der Waals surface area contributed by atoms with E-state index in [0.717, 1.165) is 12.1 Å². The van der Waals surface area contributed by atoms with Crippen LogP contribution in [0.5, 0.6) is 0 Å². The second-order valence-corrected chi connectivity index (χ2v) is 7.51. The molecule has 0 amide bonds. The van der Waals surface area contributed by atoms with Gasteiger partial charge in [-0.3, -0.25) is 0 Å². The lowest BCUT2D eigenvalue weighted by atomic mass is 10.0. The molecule has 0 N–H and O–H groups in total. The van der Waals surface area contributed by atoms with Crippen molar-refractivity contribution >= 4 is 15.9 Å². The summed E-state index contributed by atoms with van der Waals surface area (Å²) in [5.74, 6) is 0. The number of halogens is 10. The first-order chi connectivity index (χ1) is 14.5. The van der Waals surface area contributed by atoms with E-state index in [1.54, 1.807) is 0 Å². The molecule has 0 saturated carbocycles. The molecule has 0 atom stereocenters. The highest BCUT2D eigenvalue weighted by Crippen LogP contribution is 2.37. The van der Waals surface area contributed by atoms with Crippen LogP contribution in [0.25, 0.3) is 0 Å². The van der Waals surface area contributed by atoms with Gasteiger partial charge in [-0.25, -0.2) is 0 Å². The Labute approximate surface area is 184 Å². The SMILES string of the molecule is Cc1cc(Br)c(CN(Cc2cc(C(F)(F)F)cc(C(F)(F)F)c2)OC#N)cc1C(F)(F)F. The highest BCUT2D eigenvalue weighted by atomic mass is 79.9. The number of hydroxylamine groups is 2. The maximum Gasteiger partial charge on any atom is 0.416 e. The quantitative estimate of drug-likeness (QED) is 0.230. The molecule has 0 saturated heterocycles. The van der Waals surface area contributed by atoms with Gasteiger partial charge in [0, 0.05) is 4.47 Å². The van der Waals surface area contributed by atoms with Crippen LogP contribution in [0.3, 0.4) is 0 Å². The predicted molar refractivity (Wildman–Crippen MR) is 96.3 cm³/mol. The lowest BCUT2D eigenvalue weighted by Gasteiger charge is -2.21. The summed E-state index contributed by atoms with van der Waals surface area (Å²) in [5, 5.41) is 9.44. The fourth-order valence-corrected chi connectivity index (χ4v) is 3.41. The van der Waals surface area contributed by atoms with Crippen LogP contribution in [-0.4, -0.2) is 5.06 Å². The molecule has 2 aromatic rings. The van der Waals surface area contributed by atoms with Gasteiger partial charge in [-0.05, 0) is 53.9 Å². The van der Waals surface area contributed by atoms with Crippen LogP contribution in [0, 0.1) is 18.4 Å². The van der Waals surface area contributed by atoms with E-state index >= 15 is 0 Å². The van der Waals surface area contributed by atoms with Gasteiger partial charge in [-0.2, -0.15) is 39.5 Å². The van der Waals surface area contributed by atoms with Gasteiger partial charge in [0.2, 0.25) is 0 Å². The Hall–Kier alpha value is -2.46. The van der Waals surface area contributed by atoms with Crippen molar-refractivity contribution in [2.75, 3.05) is 0 Å². The van der Waals surface area contributed by atoms with E-state index in [2.05, 4.69) is 20.8 Å². The van der Waals surface area contributed by atoms with Crippen molar-refractivity contribution in [1.29, 1.82) is 5.26 Å². The summed E-state index contributed by atoms with van der Waals surface area (Å²) in [6.45, 7) is -0.0838. The smallest absolute Gasteiger partial charge is 0.327 e. The van der Waals surface area contributed by atoms with Crippen molar-refractivity contribution in [2.24, 2.45) is 0 Å². The van der Waals surface area contributed by atoms with Crippen molar-refractivity contribution in [2.45, 2.75) is 38.5 Å². The maximum absolute atomic E-state index is 13.2. The first-order valence-corrected chi connectivity index (χ1v) is 9.27. The number of benzene rings is 2. The number of alkyl halides is 9. The molecule has 2 rings (SSSR count). The zero-order valence-corrected chi connectivity index (χ0v) is 17.5. The average molecular weight is 535 g/mol. The number of rotatable bonds is 5. The molecule has 0 aliphatic rings. The van der Waals surface area contributed by atoms with Crippen LogP contribution in [0.15, 0.2) is 34.8 Å². The van der Waals surface area contributed by atoms with E-state index in [9.17, 15) is 39.5 Å². The molecule has 174 valence electrons. The molecule has 13 heteroatoms. The van der Waals surface area contributed by atoms with Gasteiger partial charge in [-0.1, -0.05) is 15.9 Å². The highest BCUT2D eigenvalue weighted by Gasteiger charge is 2.37. The Kier molecular flexibility index (Phi) is 7.41. The van der Waals surface area contributed by atoms with Gasteiger partial charge >= 0.3 is 24.8 Å². The standard InChI is InChI=1S/C19H12BrF9N2O/c1-10-2-16(20)12(5-15(10)19(27,28)29)8-31(32-9-30)7-11-3-13(17(21,22)23)6-14(4-11)18(24,25)26/h2-6H,7-8H2,1H3. The van der Waals surface area contributed by atoms with Crippen molar-refractivity contribution in [1.82, 2.24) is 5.06 Å². The zero-order chi connectivity index (χ0) is 24.5. The summed E-state index contributed by atoms with van der Waals surface area (Å²) < 4.78 is 118. The molecule has 0 bridgehead atoms. The van der Waals surface area contributed by atoms with Gasteiger partial charge in [-0.15, -0.1) is 10.3 Å². The van der Waals surface area contributed by atoms with Crippen molar-refractivity contribution in [3.63, 3.8) is 0 Å².